The van der Waals surface area contributed by atoms with Crippen LogP contribution in [0.3, 0.4) is 0 Å². The SMILES string of the molecule is Br.COc1cccc([P+](CCCCCCCCCC(=O)OC[C@H](NC(=O)C(Cl)Cl)[C@H](O)c2ccc([N+](=O)[O-])cc2)(c2cccc(OC)c2)c2cccc(OC)c2)c1. The summed E-state index contributed by atoms with van der Waals surface area (Å²) in [5.74, 6) is 1.18. The van der Waals surface area contributed by atoms with Gasteiger partial charge in [-0.25, -0.2) is 0 Å². The van der Waals surface area contributed by atoms with E-state index in [1.54, 1.807) is 21.3 Å². The van der Waals surface area contributed by atoms with Crippen molar-refractivity contribution in [2.45, 2.75) is 68.3 Å². The van der Waals surface area contributed by atoms with Gasteiger partial charge in [0, 0.05) is 36.8 Å². The molecule has 0 heterocycles. The number of halogens is 3. The molecule has 0 saturated carbocycles. The summed E-state index contributed by atoms with van der Waals surface area (Å²) in [7, 11) is 2.89. The third-order valence-corrected chi connectivity index (χ3v) is 14.5. The van der Waals surface area contributed by atoms with Crippen LogP contribution in [0.15, 0.2) is 97.1 Å². The van der Waals surface area contributed by atoms with Gasteiger partial charge in [0.1, 0.15) is 53.1 Å². The molecule has 57 heavy (non-hydrogen) atoms. The number of nitro benzene ring substituents is 1. The van der Waals surface area contributed by atoms with Crippen LogP contribution in [0.2, 0.25) is 0 Å². The van der Waals surface area contributed by atoms with E-state index in [9.17, 15) is 24.8 Å². The van der Waals surface area contributed by atoms with Crippen LogP contribution in [0, 0.1) is 10.1 Å². The molecule has 0 aliphatic rings. The second-order valence-electron chi connectivity index (χ2n) is 13.3. The molecule has 0 aliphatic heterocycles. The fourth-order valence-electron chi connectivity index (χ4n) is 6.62. The summed E-state index contributed by atoms with van der Waals surface area (Å²) in [6, 6.07) is 29.3. The number of rotatable bonds is 23. The van der Waals surface area contributed by atoms with Gasteiger partial charge in [-0.3, -0.25) is 19.7 Å². The highest BCUT2D eigenvalue weighted by Gasteiger charge is 2.45. The molecular weight excluding hydrogens is 858 g/mol. The van der Waals surface area contributed by atoms with Gasteiger partial charge in [-0.15, -0.1) is 17.0 Å². The smallest absolute Gasteiger partial charge is 0.305 e. The number of nitro groups is 1. The molecule has 1 amide bonds. The third kappa shape index (κ3) is 13.6. The van der Waals surface area contributed by atoms with Crippen LogP contribution in [0.4, 0.5) is 5.69 Å². The number of non-ortho nitro benzene ring substituents is 1. The number of aliphatic hydroxyl groups is 1. The van der Waals surface area contributed by atoms with Gasteiger partial charge >= 0.3 is 5.97 Å². The first-order chi connectivity index (χ1) is 27.0. The van der Waals surface area contributed by atoms with Gasteiger partial charge in [-0.05, 0) is 73.4 Å². The first-order valence-electron chi connectivity index (χ1n) is 18.5. The number of hydrogen-bond donors (Lipinski definition) is 2. The van der Waals surface area contributed by atoms with Gasteiger partial charge < -0.3 is 29.4 Å². The van der Waals surface area contributed by atoms with Gasteiger partial charge in [0.2, 0.25) is 0 Å². The highest BCUT2D eigenvalue weighted by Crippen LogP contribution is 2.57. The van der Waals surface area contributed by atoms with Crippen molar-refractivity contribution < 1.29 is 38.6 Å². The van der Waals surface area contributed by atoms with Gasteiger partial charge in [0.05, 0.1) is 38.5 Å². The lowest BCUT2D eigenvalue weighted by molar-refractivity contribution is -0.384. The van der Waals surface area contributed by atoms with Gasteiger partial charge in [-0.2, -0.15) is 0 Å². The van der Waals surface area contributed by atoms with E-state index >= 15 is 0 Å². The molecule has 11 nitrogen and oxygen atoms in total. The fraction of sp³-hybridized carbons (Fsp3) is 0.381. The lowest BCUT2D eigenvalue weighted by Crippen LogP contribution is -2.45. The molecule has 0 fully saturated rings. The van der Waals surface area contributed by atoms with Gasteiger partial charge in [0.25, 0.3) is 11.6 Å². The Morgan fingerprint density at radius 2 is 1.19 bits per heavy atom. The molecule has 15 heteroatoms. The van der Waals surface area contributed by atoms with Crippen molar-refractivity contribution in [2.75, 3.05) is 34.1 Å². The Morgan fingerprint density at radius 1 is 0.737 bits per heavy atom. The van der Waals surface area contributed by atoms with E-state index in [4.69, 9.17) is 42.1 Å². The van der Waals surface area contributed by atoms with Crippen molar-refractivity contribution in [3.8, 4) is 17.2 Å². The zero-order chi connectivity index (χ0) is 40.5. The summed E-state index contributed by atoms with van der Waals surface area (Å²) in [6.07, 6.45) is 6.32. The Hall–Kier alpha value is -3.93. The van der Waals surface area contributed by atoms with E-state index in [2.05, 4.69) is 59.9 Å². The number of esters is 1. The number of hydrogen-bond acceptors (Lipinski definition) is 9. The lowest BCUT2D eigenvalue weighted by Gasteiger charge is -2.28. The van der Waals surface area contributed by atoms with E-state index in [-0.39, 0.29) is 41.3 Å². The lowest BCUT2D eigenvalue weighted by atomic mass is 10.0. The third-order valence-electron chi connectivity index (χ3n) is 9.63. The van der Waals surface area contributed by atoms with E-state index in [0.717, 1.165) is 61.9 Å². The average Bonchev–Trinajstić information content (AvgIpc) is 3.22. The Morgan fingerprint density at radius 3 is 1.63 bits per heavy atom. The zero-order valence-corrected chi connectivity index (χ0v) is 36.4. The van der Waals surface area contributed by atoms with Crippen molar-refractivity contribution in [3.63, 3.8) is 0 Å². The number of carbonyl (C=O) groups is 2. The first-order valence-corrected chi connectivity index (χ1v) is 21.4. The number of ether oxygens (including phenoxy) is 4. The highest BCUT2D eigenvalue weighted by atomic mass is 79.9. The molecule has 0 aliphatic carbocycles. The van der Waals surface area contributed by atoms with E-state index < -0.39 is 41.0 Å². The van der Waals surface area contributed by atoms with Crippen LogP contribution in [0.1, 0.15) is 63.0 Å². The summed E-state index contributed by atoms with van der Waals surface area (Å²) in [6.45, 7) is -0.339. The molecule has 0 spiro atoms. The molecule has 4 aromatic carbocycles. The van der Waals surface area contributed by atoms with Crippen molar-refractivity contribution in [1.82, 2.24) is 5.32 Å². The van der Waals surface area contributed by atoms with Crippen molar-refractivity contribution in [2.24, 2.45) is 0 Å². The van der Waals surface area contributed by atoms with Crippen LogP contribution < -0.4 is 35.4 Å². The molecule has 0 radical (unpaired) electrons. The van der Waals surface area contributed by atoms with Crippen LogP contribution in [-0.4, -0.2) is 66.9 Å². The predicted molar refractivity (Wildman–Crippen MR) is 233 cm³/mol. The fourth-order valence-corrected chi connectivity index (χ4v) is 11.2. The number of unbranched alkanes of at least 4 members (excludes halogenated alkanes) is 6. The number of nitrogens with zero attached hydrogens (tertiary/aromatic N) is 1. The molecular formula is C42H51BrCl2N2O9P+. The predicted octanol–water partition coefficient (Wildman–Crippen LogP) is 8.18. The minimum Gasteiger partial charge on any atom is -0.497 e. The molecule has 0 saturated heterocycles. The van der Waals surface area contributed by atoms with E-state index in [0.29, 0.717) is 6.42 Å². The summed E-state index contributed by atoms with van der Waals surface area (Å²) < 4.78 is 22.5. The van der Waals surface area contributed by atoms with Crippen LogP contribution in [0.5, 0.6) is 17.2 Å². The number of methoxy groups -OCH3 is 3. The first kappa shape index (κ1) is 47.4. The quantitative estimate of drug-likeness (QED) is 0.0188. The monoisotopic (exact) mass is 907 g/mol. The zero-order valence-electron chi connectivity index (χ0n) is 32.3. The number of nitrogens with one attached hydrogen (secondary N) is 1. The maximum Gasteiger partial charge on any atom is 0.305 e. The van der Waals surface area contributed by atoms with Crippen molar-refractivity contribution in [1.29, 1.82) is 0 Å². The minimum atomic E-state index is -2.18. The largest absolute Gasteiger partial charge is 0.497 e. The Labute approximate surface area is 355 Å². The molecule has 0 aromatic heterocycles. The Kier molecular flexibility index (Phi) is 20.1. The Bertz CT molecular complexity index is 1770. The van der Waals surface area contributed by atoms with Gasteiger partial charge in [-0.1, -0.05) is 67.1 Å². The summed E-state index contributed by atoms with van der Waals surface area (Å²) in [5.41, 5.74) is 0.127. The molecule has 4 rings (SSSR count). The molecule has 4 aromatic rings. The average molecular weight is 910 g/mol. The number of aliphatic hydroxyl groups excluding tert-OH is 1. The topological polar surface area (TPSA) is 146 Å². The normalized spacial score (nSPS) is 12.2. The molecule has 2 atom stereocenters. The van der Waals surface area contributed by atoms with Crippen molar-refractivity contribution in [3.05, 3.63) is 113 Å². The number of amides is 1. The van der Waals surface area contributed by atoms with Crippen molar-refractivity contribution >= 4 is 80.9 Å². The molecule has 308 valence electrons. The standard InChI is InChI=1S/C42H49Cl2N2O9P.BrH/c1-52-32-14-11-17-35(26-32)56(36-18-12-15-33(27-36)53-2,37-19-13-16-34(28-37)54-3)25-10-8-6-4-5-7-9-20-39(47)55-29-38(45-42(49)41(43)44)40(48)30-21-23-31(24-22-30)46(50)51;/h11-19,21-24,26-28,38,40-41,48H,4-10,20,25,29H2,1-3H3;1H/p+1/t38-,40+;/m0./s1. The van der Waals surface area contributed by atoms with E-state index in [1.807, 2.05) is 18.2 Å². The van der Waals surface area contributed by atoms with Crippen LogP contribution >= 0.6 is 47.4 Å². The number of benzene rings is 4. The summed E-state index contributed by atoms with van der Waals surface area (Å²) >= 11 is 11.4. The minimum absolute atomic E-state index is 0. The molecule has 0 unspecified atom stereocenters. The Balaban J connectivity index is 0.00000870. The highest BCUT2D eigenvalue weighted by molar-refractivity contribution is 8.93. The molecule has 2 N–H and O–H groups in total. The summed E-state index contributed by atoms with van der Waals surface area (Å²) in [4.78, 5) is 33.9. The van der Waals surface area contributed by atoms with Crippen LogP contribution in [0.25, 0.3) is 0 Å². The van der Waals surface area contributed by atoms with Crippen LogP contribution in [-0.2, 0) is 14.3 Å². The maximum absolute atomic E-state index is 12.6. The number of carbonyl (C=O) groups excluding carboxylic acids is 2. The molecule has 0 bridgehead atoms. The number of alkyl halides is 2. The summed E-state index contributed by atoms with van der Waals surface area (Å²) in [5, 5.41) is 28.1. The second kappa shape index (κ2) is 24.1. The second-order valence-corrected chi connectivity index (χ2v) is 18.0. The van der Waals surface area contributed by atoms with E-state index in [1.165, 1.54) is 40.2 Å². The van der Waals surface area contributed by atoms with Gasteiger partial charge in [0.15, 0.2) is 4.84 Å². The maximum atomic E-state index is 12.6.